The van der Waals surface area contributed by atoms with Crippen LogP contribution in [0.5, 0.6) is 0 Å². The molecule has 7 nitrogen and oxygen atoms in total. The van der Waals surface area contributed by atoms with Crippen molar-refractivity contribution in [3.8, 4) is 6.07 Å². The number of benzene rings is 1. The van der Waals surface area contributed by atoms with Crippen molar-refractivity contribution in [3.05, 3.63) is 65.3 Å². The predicted octanol–water partition coefficient (Wildman–Crippen LogP) is 2.72. The minimum Gasteiger partial charge on any atom is -0.463 e. The number of nitrogens with zero attached hydrogens (tertiary/aromatic N) is 2. The van der Waals surface area contributed by atoms with Crippen LogP contribution >= 0.6 is 0 Å². The van der Waals surface area contributed by atoms with E-state index in [0.29, 0.717) is 12.3 Å². The summed E-state index contributed by atoms with van der Waals surface area (Å²) < 4.78 is 12.1. The highest BCUT2D eigenvalue weighted by Gasteiger charge is 2.14. The van der Waals surface area contributed by atoms with Crippen LogP contribution in [-0.2, 0) is 16.1 Å². The standard InChI is InChI=1S/C20H17N3O4/c1-22-19(24)13(10-21)9-14-11-23(17-6-4-3-5-16(14)17)12-15-7-8-18(27-15)20(25)26-2/h3-9,11H,12H2,1-2H3,(H,22,24)/b13-9-. The van der Waals surface area contributed by atoms with Gasteiger partial charge in [-0.25, -0.2) is 4.79 Å². The number of methoxy groups -OCH3 is 1. The van der Waals surface area contributed by atoms with Crippen LogP contribution in [0.25, 0.3) is 17.0 Å². The van der Waals surface area contributed by atoms with Gasteiger partial charge in [0.05, 0.1) is 13.7 Å². The number of fused-ring (bicyclic) bond motifs is 1. The SMILES string of the molecule is CNC(=O)/C(C#N)=C\c1cn(Cc2ccc(C(=O)OC)o2)c2ccccc12. The highest BCUT2D eigenvalue weighted by Crippen LogP contribution is 2.25. The molecule has 0 spiro atoms. The van der Waals surface area contributed by atoms with Crippen LogP contribution in [0.15, 0.2) is 52.6 Å². The monoisotopic (exact) mass is 363 g/mol. The summed E-state index contributed by atoms with van der Waals surface area (Å²) in [5, 5.41) is 12.6. The molecular formula is C20H17N3O4. The molecule has 136 valence electrons. The summed E-state index contributed by atoms with van der Waals surface area (Å²) >= 11 is 0. The van der Waals surface area contributed by atoms with Gasteiger partial charge in [-0.2, -0.15) is 5.26 Å². The van der Waals surface area contributed by atoms with E-state index in [2.05, 4.69) is 10.1 Å². The van der Waals surface area contributed by atoms with Crippen LogP contribution in [0.3, 0.4) is 0 Å². The fraction of sp³-hybridized carbons (Fsp3) is 0.150. The Labute approximate surface area is 155 Å². The second-order valence-electron chi connectivity index (χ2n) is 5.74. The minimum absolute atomic E-state index is 0.0198. The first-order valence-electron chi connectivity index (χ1n) is 8.16. The molecule has 0 radical (unpaired) electrons. The number of esters is 1. The number of carbonyl (C=O) groups excluding carboxylic acids is 2. The molecule has 1 aromatic carbocycles. The van der Waals surface area contributed by atoms with Crippen molar-refractivity contribution < 1.29 is 18.7 Å². The van der Waals surface area contributed by atoms with Crippen LogP contribution in [0.1, 0.15) is 21.9 Å². The lowest BCUT2D eigenvalue weighted by Crippen LogP contribution is -2.19. The van der Waals surface area contributed by atoms with Crippen molar-refractivity contribution in [3.63, 3.8) is 0 Å². The summed E-state index contributed by atoms with van der Waals surface area (Å²) in [6.07, 6.45) is 3.39. The zero-order chi connectivity index (χ0) is 19.4. The highest BCUT2D eigenvalue weighted by atomic mass is 16.5. The van der Waals surface area contributed by atoms with E-state index in [1.54, 1.807) is 18.2 Å². The van der Waals surface area contributed by atoms with Crippen LogP contribution in [-0.4, -0.2) is 30.6 Å². The number of hydrogen-bond donors (Lipinski definition) is 1. The average molecular weight is 363 g/mol. The second kappa shape index (κ2) is 7.62. The smallest absolute Gasteiger partial charge is 0.373 e. The van der Waals surface area contributed by atoms with Gasteiger partial charge >= 0.3 is 5.97 Å². The normalized spacial score (nSPS) is 11.2. The molecule has 1 amide bonds. The first-order chi connectivity index (χ1) is 13.1. The van der Waals surface area contributed by atoms with Crippen LogP contribution in [0.2, 0.25) is 0 Å². The molecule has 7 heteroatoms. The third-order valence-corrected chi connectivity index (χ3v) is 4.09. The van der Waals surface area contributed by atoms with Crippen molar-refractivity contribution in [2.75, 3.05) is 14.2 Å². The second-order valence-corrected chi connectivity index (χ2v) is 5.74. The minimum atomic E-state index is -0.536. The number of carbonyl (C=O) groups is 2. The first kappa shape index (κ1) is 18.0. The Hall–Kier alpha value is -3.79. The maximum absolute atomic E-state index is 11.8. The number of para-hydroxylation sites is 1. The third kappa shape index (κ3) is 3.60. The van der Waals surface area contributed by atoms with E-state index in [1.807, 2.05) is 41.1 Å². The molecule has 0 bridgehead atoms. The van der Waals surface area contributed by atoms with E-state index in [-0.39, 0.29) is 11.3 Å². The molecule has 0 aliphatic carbocycles. The van der Waals surface area contributed by atoms with Crippen LogP contribution < -0.4 is 5.32 Å². The van der Waals surface area contributed by atoms with Crippen molar-refractivity contribution in [2.24, 2.45) is 0 Å². The molecule has 27 heavy (non-hydrogen) atoms. The van der Waals surface area contributed by atoms with E-state index >= 15 is 0 Å². The van der Waals surface area contributed by atoms with E-state index in [4.69, 9.17) is 4.42 Å². The summed E-state index contributed by atoms with van der Waals surface area (Å²) in [5.74, 6) is -0.261. The van der Waals surface area contributed by atoms with Gasteiger partial charge in [0.15, 0.2) is 0 Å². The zero-order valence-electron chi connectivity index (χ0n) is 14.9. The number of rotatable bonds is 5. The molecule has 0 unspecified atom stereocenters. The molecule has 0 aliphatic rings. The molecule has 0 saturated heterocycles. The third-order valence-electron chi connectivity index (χ3n) is 4.09. The largest absolute Gasteiger partial charge is 0.463 e. The number of furan rings is 1. The van der Waals surface area contributed by atoms with Crippen molar-refractivity contribution in [1.82, 2.24) is 9.88 Å². The molecule has 2 heterocycles. The Morgan fingerprint density at radius 2 is 2.07 bits per heavy atom. The Morgan fingerprint density at radius 1 is 1.30 bits per heavy atom. The van der Waals surface area contributed by atoms with Gasteiger partial charge in [-0.1, -0.05) is 18.2 Å². The van der Waals surface area contributed by atoms with Crippen LogP contribution in [0.4, 0.5) is 0 Å². The Morgan fingerprint density at radius 3 is 2.78 bits per heavy atom. The van der Waals surface area contributed by atoms with Gasteiger partial charge in [0.1, 0.15) is 17.4 Å². The predicted molar refractivity (Wildman–Crippen MR) is 98.7 cm³/mol. The molecule has 3 aromatic rings. The number of aromatic nitrogens is 1. The van der Waals surface area contributed by atoms with Gasteiger partial charge in [0.25, 0.3) is 5.91 Å². The fourth-order valence-corrected chi connectivity index (χ4v) is 2.80. The first-order valence-corrected chi connectivity index (χ1v) is 8.16. The van der Waals surface area contributed by atoms with E-state index in [0.717, 1.165) is 16.5 Å². The fourth-order valence-electron chi connectivity index (χ4n) is 2.80. The Balaban J connectivity index is 2.01. The van der Waals surface area contributed by atoms with E-state index in [9.17, 15) is 14.9 Å². The number of likely N-dealkylation sites (N-methyl/N-ethyl adjacent to an activating group) is 1. The van der Waals surface area contributed by atoms with Gasteiger partial charge in [-0.3, -0.25) is 4.79 Å². The molecule has 0 fully saturated rings. The molecule has 2 aromatic heterocycles. The molecule has 0 saturated carbocycles. The highest BCUT2D eigenvalue weighted by molar-refractivity contribution is 6.03. The van der Waals surface area contributed by atoms with Gasteiger partial charge in [-0.15, -0.1) is 0 Å². The van der Waals surface area contributed by atoms with E-state index < -0.39 is 11.9 Å². The number of nitriles is 1. The lowest BCUT2D eigenvalue weighted by molar-refractivity contribution is -0.116. The molecule has 0 atom stereocenters. The summed E-state index contributed by atoms with van der Waals surface area (Å²) in [5.41, 5.74) is 1.67. The number of hydrogen-bond acceptors (Lipinski definition) is 5. The molecule has 3 rings (SSSR count). The van der Waals surface area contributed by atoms with Gasteiger partial charge < -0.3 is 19.0 Å². The van der Waals surface area contributed by atoms with E-state index in [1.165, 1.54) is 14.2 Å². The maximum atomic E-state index is 11.8. The van der Waals surface area contributed by atoms with Gasteiger partial charge in [0.2, 0.25) is 5.76 Å². The summed E-state index contributed by atoms with van der Waals surface area (Å²) in [4.78, 5) is 23.4. The Kier molecular flexibility index (Phi) is 5.08. The quantitative estimate of drug-likeness (QED) is 0.427. The van der Waals surface area contributed by atoms with Gasteiger partial charge in [-0.05, 0) is 24.3 Å². The number of ether oxygens (including phenoxy) is 1. The van der Waals surface area contributed by atoms with Crippen LogP contribution in [0, 0.1) is 11.3 Å². The van der Waals surface area contributed by atoms with Crippen molar-refractivity contribution in [2.45, 2.75) is 6.54 Å². The molecule has 1 N–H and O–H groups in total. The topological polar surface area (TPSA) is 97.3 Å². The lowest BCUT2D eigenvalue weighted by Gasteiger charge is -2.02. The lowest BCUT2D eigenvalue weighted by atomic mass is 10.1. The summed E-state index contributed by atoms with van der Waals surface area (Å²) in [6, 6.07) is 12.8. The number of nitrogens with one attached hydrogen (secondary N) is 1. The van der Waals surface area contributed by atoms with Crippen molar-refractivity contribution >= 4 is 28.9 Å². The molecule has 0 aliphatic heterocycles. The van der Waals surface area contributed by atoms with Crippen molar-refractivity contribution in [1.29, 1.82) is 5.26 Å². The zero-order valence-corrected chi connectivity index (χ0v) is 14.9. The summed E-state index contributed by atoms with van der Waals surface area (Å²) in [7, 11) is 2.77. The summed E-state index contributed by atoms with van der Waals surface area (Å²) in [6.45, 7) is 0.382. The average Bonchev–Trinajstić information content (AvgIpc) is 3.30. The molecular weight excluding hydrogens is 346 g/mol. The maximum Gasteiger partial charge on any atom is 0.373 e. The number of amides is 1. The Bertz CT molecular complexity index is 1080. The van der Waals surface area contributed by atoms with Gasteiger partial charge in [0, 0.05) is 29.7 Å².